The molecule has 0 unspecified atom stereocenters. The number of aliphatic carboxylic acids is 1. The Bertz CT molecular complexity index is 3290. The highest BCUT2D eigenvalue weighted by atomic mass is 16.6. The van der Waals surface area contributed by atoms with Crippen LogP contribution < -0.4 is 31.3 Å². The van der Waals surface area contributed by atoms with Crippen molar-refractivity contribution in [3.05, 3.63) is 173 Å². The summed E-state index contributed by atoms with van der Waals surface area (Å²) in [5, 5.41) is 24.1. The summed E-state index contributed by atoms with van der Waals surface area (Å²) in [6.45, 7) is 2.87. The normalized spacial score (nSPS) is 24.3. The average molecular weight is 1320 g/mol. The highest BCUT2D eigenvalue weighted by Crippen LogP contribution is 2.45. The van der Waals surface area contributed by atoms with Crippen molar-refractivity contribution in [2.24, 2.45) is 23.7 Å². The first-order valence-electron chi connectivity index (χ1n) is 33.6. The Morgan fingerprint density at radius 3 is 1.06 bits per heavy atom. The van der Waals surface area contributed by atoms with Crippen molar-refractivity contribution in [1.82, 2.24) is 36.4 Å². The number of benzene rings is 5. The molecule has 0 spiro atoms. The quantitative estimate of drug-likeness (QED) is 0.0289. The topological polar surface area (TPSA) is 288 Å². The van der Waals surface area contributed by atoms with Crippen molar-refractivity contribution in [1.29, 1.82) is 0 Å². The molecule has 4 aliphatic carbocycles. The second-order valence-corrected chi connectivity index (χ2v) is 25.5. The number of nitrogens with zero attached hydrogens (tertiary/aromatic N) is 2. The summed E-state index contributed by atoms with van der Waals surface area (Å²) in [4.78, 5) is 115. The molecule has 2 heterocycles. The van der Waals surface area contributed by atoms with Gasteiger partial charge in [-0.2, -0.15) is 0 Å². The maximum Gasteiger partial charge on any atom is 0.305 e. The van der Waals surface area contributed by atoms with Gasteiger partial charge in [-0.05, 0) is 66.1 Å². The predicted octanol–water partition coefficient (Wildman–Crippen LogP) is 4.82. The summed E-state index contributed by atoms with van der Waals surface area (Å²) in [7, 11) is 0. The molecule has 5 aromatic rings. The lowest BCUT2D eigenvalue weighted by atomic mass is 9.94. The number of hydrogen-bond acceptors (Lipinski definition) is 15. The van der Waals surface area contributed by atoms with Gasteiger partial charge in [0.15, 0.2) is 6.61 Å². The van der Waals surface area contributed by atoms with E-state index in [1.54, 1.807) is 0 Å². The van der Waals surface area contributed by atoms with Crippen molar-refractivity contribution in [2.75, 3.05) is 119 Å². The van der Waals surface area contributed by atoms with E-state index < -0.39 is 54.0 Å². The molecule has 510 valence electrons. The molecule has 2 saturated heterocycles. The molecule has 6 fully saturated rings. The van der Waals surface area contributed by atoms with E-state index in [0.717, 1.165) is 47.9 Å². The van der Waals surface area contributed by atoms with Gasteiger partial charge in [0.1, 0.15) is 5.75 Å². The molecule has 0 bridgehead atoms. The Morgan fingerprint density at radius 1 is 0.396 bits per heavy atom. The minimum Gasteiger partial charge on any atom is -0.483 e. The number of nitrogens with one attached hydrogen (secondary N) is 5. The minimum absolute atomic E-state index is 0.0117. The van der Waals surface area contributed by atoms with Crippen LogP contribution in [0.2, 0.25) is 0 Å². The smallest absolute Gasteiger partial charge is 0.305 e. The SMILES string of the molecule is O=C(O)CCOCCOCCOCCOCCOCCOCCNC(=O)COc1cc(C(=O)N2C[C@@H](C(=O)N[C@H]3C[C@@H]3c3ccccc3)[C@H](C(=O)N[C@H]3C[C@@H]3c3ccccc3)C2)ccc1C(=O)N1C[C@@H](C(=O)N[C@H]2C[C@@H]2c2ccccc2)[C@H](C(=O)N[C@H]2C[C@@H]2c2ccccc2)C1. The molecule has 96 heavy (non-hydrogen) atoms. The van der Waals surface area contributed by atoms with Gasteiger partial charge in [-0.1, -0.05) is 121 Å². The van der Waals surface area contributed by atoms with Gasteiger partial charge < -0.3 is 74.6 Å². The highest BCUT2D eigenvalue weighted by molar-refractivity contribution is 6.02. The van der Waals surface area contributed by atoms with Gasteiger partial charge in [0.25, 0.3) is 17.7 Å². The van der Waals surface area contributed by atoms with Crippen LogP contribution in [-0.2, 0) is 57.2 Å². The Balaban J connectivity index is 0.723. The van der Waals surface area contributed by atoms with Crippen LogP contribution in [0.4, 0.5) is 0 Å². The van der Waals surface area contributed by atoms with E-state index in [-0.39, 0.29) is 154 Å². The standard InChI is InChI=1S/C73H87N7O16/c81-66(74-24-26-91-28-30-93-32-34-95-36-35-94-33-31-92-29-27-90-25-23-67(82)83)46-96-65-37-51(72(88)79-42-57(68(84)75-61-38-53(61)47-13-5-1-6-14-47)58(43-79)69(85)76-62-39-54(62)48-15-7-2-8-16-48)21-22-52(65)73(89)80-44-59(70(86)77-63-40-55(63)49-17-9-3-10-18-49)60(45-80)71(87)78-64-41-56(64)50-19-11-4-12-20-50/h1-22,37,53-64H,23-36,38-46H2,(H,74,81)(H,75,84)(H,76,85)(H,77,86)(H,78,87)(H,82,83)/t53-,54-,55-,56-,57-,58-,59-,60-,61+,62+,63+,64+/m1/s1. The minimum atomic E-state index is -0.911. The zero-order valence-corrected chi connectivity index (χ0v) is 53.9. The van der Waals surface area contributed by atoms with Gasteiger partial charge in [0.2, 0.25) is 23.6 Å². The van der Waals surface area contributed by atoms with Gasteiger partial charge in [-0.15, -0.1) is 0 Å². The summed E-state index contributed by atoms with van der Waals surface area (Å²) in [6.07, 6.45) is 2.93. The van der Waals surface area contributed by atoms with Gasteiger partial charge in [0, 0.05) is 86.1 Å². The first kappa shape index (κ1) is 68.8. The van der Waals surface area contributed by atoms with Crippen LogP contribution in [0.1, 0.15) is 98.7 Å². The number of hydrogen-bond donors (Lipinski definition) is 6. The average Bonchev–Trinajstić information content (AvgIpc) is 1.61. The van der Waals surface area contributed by atoms with E-state index in [1.165, 1.54) is 28.0 Å². The Hall–Kier alpha value is -8.58. The van der Waals surface area contributed by atoms with Crippen LogP contribution in [0.5, 0.6) is 5.75 Å². The lowest BCUT2D eigenvalue weighted by molar-refractivity contribution is -0.138. The zero-order valence-electron chi connectivity index (χ0n) is 53.9. The first-order chi connectivity index (χ1) is 46.9. The number of carbonyl (C=O) groups excluding carboxylic acids is 7. The van der Waals surface area contributed by atoms with Crippen LogP contribution >= 0.6 is 0 Å². The Labute approximate surface area is 558 Å². The number of ether oxygens (including phenoxy) is 7. The van der Waals surface area contributed by atoms with Gasteiger partial charge in [-0.25, -0.2) is 0 Å². The van der Waals surface area contributed by atoms with Crippen LogP contribution in [-0.4, -0.2) is 205 Å². The van der Waals surface area contributed by atoms with E-state index in [0.29, 0.717) is 52.9 Å². The third-order valence-electron chi connectivity index (χ3n) is 18.7. The van der Waals surface area contributed by atoms with Crippen molar-refractivity contribution >= 4 is 47.3 Å². The molecule has 4 saturated carbocycles. The number of carboxylic acid groups (broad SMARTS) is 1. The Morgan fingerprint density at radius 2 is 0.719 bits per heavy atom. The van der Waals surface area contributed by atoms with E-state index in [9.17, 15) is 33.6 Å². The van der Waals surface area contributed by atoms with E-state index >= 15 is 4.79 Å². The molecule has 23 heteroatoms. The fourth-order valence-corrected chi connectivity index (χ4v) is 13.0. The van der Waals surface area contributed by atoms with E-state index in [4.69, 9.17) is 38.3 Å². The number of carbonyl (C=O) groups is 8. The molecular formula is C73H87N7O16. The number of amides is 7. The highest BCUT2D eigenvalue weighted by Gasteiger charge is 2.51. The molecule has 7 amide bonds. The van der Waals surface area contributed by atoms with Crippen molar-refractivity contribution in [3.63, 3.8) is 0 Å². The fourth-order valence-electron chi connectivity index (χ4n) is 13.0. The van der Waals surface area contributed by atoms with Gasteiger partial charge >= 0.3 is 5.97 Å². The molecule has 0 aromatic heterocycles. The molecule has 12 atom stereocenters. The van der Waals surface area contributed by atoms with Crippen LogP contribution in [0, 0.1) is 23.7 Å². The molecule has 6 N–H and O–H groups in total. The van der Waals surface area contributed by atoms with Crippen molar-refractivity contribution in [3.8, 4) is 5.75 Å². The zero-order chi connectivity index (χ0) is 66.8. The van der Waals surface area contributed by atoms with Crippen LogP contribution in [0.15, 0.2) is 140 Å². The van der Waals surface area contributed by atoms with Crippen molar-refractivity contribution < 1.29 is 76.6 Å². The second-order valence-electron chi connectivity index (χ2n) is 25.5. The van der Waals surface area contributed by atoms with Crippen LogP contribution in [0.3, 0.4) is 0 Å². The summed E-state index contributed by atoms with van der Waals surface area (Å²) in [6, 6.07) is 43.5. The summed E-state index contributed by atoms with van der Waals surface area (Å²) >= 11 is 0. The number of carboxylic acids is 1. The van der Waals surface area contributed by atoms with Crippen molar-refractivity contribution in [2.45, 2.75) is 79.9 Å². The van der Waals surface area contributed by atoms with Crippen LogP contribution in [0.25, 0.3) is 0 Å². The predicted molar refractivity (Wildman–Crippen MR) is 351 cm³/mol. The molecule has 0 radical (unpaired) electrons. The maximum absolute atomic E-state index is 15.1. The lowest BCUT2D eigenvalue weighted by Crippen LogP contribution is -2.43. The third-order valence-corrected chi connectivity index (χ3v) is 18.7. The summed E-state index contributed by atoms with van der Waals surface area (Å²) in [5.74, 6) is -7.00. The van der Waals surface area contributed by atoms with E-state index in [1.807, 2.05) is 121 Å². The molecule has 2 aliphatic heterocycles. The maximum atomic E-state index is 15.1. The van der Waals surface area contributed by atoms with Gasteiger partial charge in [-0.3, -0.25) is 38.4 Å². The fraction of sp³-hybridized carbons (Fsp3) is 0.479. The number of likely N-dealkylation sites (tertiary alicyclic amines) is 2. The summed E-state index contributed by atoms with van der Waals surface area (Å²) < 4.78 is 39.0. The Kier molecular flexibility index (Phi) is 24.3. The molecule has 23 nitrogen and oxygen atoms in total. The molecular weight excluding hydrogens is 1230 g/mol. The lowest BCUT2D eigenvalue weighted by Gasteiger charge is -2.21. The monoisotopic (exact) mass is 1320 g/mol. The summed E-state index contributed by atoms with van der Waals surface area (Å²) in [5.41, 5.74) is 4.49. The number of rotatable bonds is 38. The molecule has 5 aromatic carbocycles. The first-order valence-corrected chi connectivity index (χ1v) is 33.6. The second kappa shape index (κ2) is 33.9. The largest absolute Gasteiger partial charge is 0.483 e. The molecule has 6 aliphatic rings. The van der Waals surface area contributed by atoms with Gasteiger partial charge in [0.05, 0.1) is 115 Å². The third kappa shape index (κ3) is 19.3. The van der Waals surface area contributed by atoms with E-state index in [2.05, 4.69) is 26.6 Å². The molecule has 11 rings (SSSR count).